The average molecular weight is 362 g/mol. The van der Waals surface area contributed by atoms with Gasteiger partial charge in [0.1, 0.15) is 0 Å². The monoisotopic (exact) mass is 362 g/mol. The summed E-state index contributed by atoms with van der Waals surface area (Å²) in [5.74, 6) is -1.76. The minimum absolute atomic E-state index is 0.132. The molecule has 1 aliphatic rings. The minimum atomic E-state index is -2.44. The Labute approximate surface area is 150 Å². The van der Waals surface area contributed by atoms with Crippen LogP contribution in [0.5, 0.6) is 0 Å². The topological polar surface area (TPSA) is 41.1 Å². The molecule has 25 heavy (non-hydrogen) atoms. The first-order chi connectivity index (χ1) is 12.1. The van der Waals surface area contributed by atoms with Crippen molar-refractivity contribution in [1.82, 2.24) is 0 Å². The van der Waals surface area contributed by atoms with Crippen molar-refractivity contribution in [2.45, 2.75) is 29.9 Å². The van der Waals surface area contributed by atoms with Gasteiger partial charge in [-0.05, 0) is 60.7 Å². The number of rotatable bonds is 8. The molecule has 0 aromatic heterocycles. The molecule has 3 nitrogen and oxygen atoms in total. The summed E-state index contributed by atoms with van der Waals surface area (Å²) in [6, 6.07) is 14.3. The van der Waals surface area contributed by atoms with Crippen molar-refractivity contribution in [2.75, 3.05) is 17.2 Å². The first kappa shape index (κ1) is 17.7. The molecule has 3 rings (SSSR count). The van der Waals surface area contributed by atoms with E-state index in [2.05, 4.69) is 10.6 Å². The first-order valence-electron chi connectivity index (χ1n) is 8.26. The predicted molar refractivity (Wildman–Crippen MR) is 98.3 cm³/mol. The zero-order chi connectivity index (χ0) is 17.6. The number of benzene rings is 2. The molecule has 0 saturated heterocycles. The third kappa shape index (κ3) is 6.05. The second-order valence-corrected chi connectivity index (χ2v) is 7.21. The Morgan fingerprint density at radius 1 is 1.04 bits per heavy atom. The fraction of sp³-hybridized carbons (Fsp3) is 0.316. The van der Waals surface area contributed by atoms with Crippen molar-refractivity contribution >= 4 is 29.0 Å². The number of carbonyl (C=O) groups is 1. The number of hydrogen-bond acceptors (Lipinski definition) is 3. The van der Waals surface area contributed by atoms with E-state index in [4.69, 9.17) is 0 Å². The Kier molecular flexibility index (Phi) is 5.91. The quantitative estimate of drug-likeness (QED) is 0.649. The third-order valence-electron chi connectivity index (χ3n) is 3.97. The molecule has 0 heterocycles. The van der Waals surface area contributed by atoms with E-state index in [1.54, 1.807) is 24.3 Å². The molecule has 0 radical (unpaired) electrons. The van der Waals surface area contributed by atoms with Crippen molar-refractivity contribution in [3.8, 4) is 0 Å². The van der Waals surface area contributed by atoms with E-state index in [-0.39, 0.29) is 12.3 Å². The highest BCUT2D eigenvalue weighted by molar-refractivity contribution is 7.99. The molecule has 1 saturated carbocycles. The van der Waals surface area contributed by atoms with E-state index >= 15 is 0 Å². The SMILES string of the molecule is O=C(Cc1ccc(NCC2CC2)cc1)Nc1ccc(SC(F)F)cc1. The van der Waals surface area contributed by atoms with Crippen LogP contribution in [0.25, 0.3) is 0 Å². The van der Waals surface area contributed by atoms with Crippen LogP contribution in [-0.4, -0.2) is 18.2 Å². The highest BCUT2D eigenvalue weighted by Gasteiger charge is 2.20. The van der Waals surface area contributed by atoms with Gasteiger partial charge in [0, 0.05) is 22.8 Å². The molecular weight excluding hydrogens is 342 g/mol. The fourth-order valence-corrected chi connectivity index (χ4v) is 2.93. The summed E-state index contributed by atoms with van der Waals surface area (Å²) in [5, 5.41) is 6.17. The van der Waals surface area contributed by atoms with E-state index in [0.717, 1.165) is 23.7 Å². The van der Waals surface area contributed by atoms with Crippen molar-refractivity contribution in [3.05, 3.63) is 54.1 Å². The zero-order valence-electron chi connectivity index (χ0n) is 13.7. The van der Waals surface area contributed by atoms with Gasteiger partial charge >= 0.3 is 0 Å². The molecule has 0 atom stereocenters. The lowest BCUT2D eigenvalue weighted by atomic mass is 10.1. The molecule has 1 fully saturated rings. The summed E-state index contributed by atoms with van der Waals surface area (Å²) < 4.78 is 24.6. The van der Waals surface area contributed by atoms with E-state index in [1.807, 2.05) is 24.3 Å². The van der Waals surface area contributed by atoms with Crippen LogP contribution in [0.3, 0.4) is 0 Å². The highest BCUT2D eigenvalue weighted by Crippen LogP contribution is 2.29. The van der Waals surface area contributed by atoms with Crippen LogP contribution in [0.15, 0.2) is 53.4 Å². The lowest BCUT2D eigenvalue weighted by Gasteiger charge is -2.08. The van der Waals surface area contributed by atoms with Crippen molar-refractivity contribution in [3.63, 3.8) is 0 Å². The lowest BCUT2D eigenvalue weighted by Crippen LogP contribution is -2.14. The second-order valence-electron chi connectivity index (χ2n) is 6.15. The van der Waals surface area contributed by atoms with Crippen LogP contribution in [0.2, 0.25) is 0 Å². The van der Waals surface area contributed by atoms with E-state index in [9.17, 15) is 13.6 Å². The predicted octanol–water partition coefficient (Wildman–Crippen LogP) is 5.00. The standard InChI is InChI=1S/C19H20F2N2OS/c20-19(21)25-17-9-7-16(8-10-17)23-18(24)11-13-3-5-15(6-4-13)22-12-14-1-2-14/h3-10,14,19,22H,1-2,11-12H2,(H,23,24). The Bertz CT molecular complexity index is 700. The Morgan fingerprint density at radius 3 is 2.28 bits per heavy atom. The highest BCUT2D eigenvalue weighted by atomic mass is 32.2. The number of thioether (sulfide) groups is 1. The van der Waals surface area contributed by atoms with Crippen LogP contribution < -0.4 is 10.6 Å². The van der Waals surface area contributed by atoms with Crippen LogP contribution in [0.1, 0.15) is 18.4 Å². The molecule has 2 aromatic rings. The summed E-state index contributed by atoms with van der Waals surface area (Å²) in [6.45, 7) is 1.01. The molecule has 1 amide bonds. The van der Waals surface area contributed by atoms with Crippen molar-refractivity contribution < 1.29 is 13.6 Å². The molecule has 0 bridgehead atoms. The minimum Gasteiger partial charge on any atom is -0.385 e. The summed E-state index contributed by atoms with van der Waals surface area (Å²) in [6.07, 6.45) is 2.90. The number of carbonyl (C=O) groups excluding carboxylic acids is 1. The molecule has 2 N–H and O–H groups in total. The van der Waals surface area contributed by atoms with Gasteiger partial charge in [0.05, 0.1) is 6.42 Å². The molecule has 0 aliphatic heterocycles. The normalized spacial score (nSPS) is 13.7. The van der Waals surface area contributed by atoms with Gasteiger partial charge in [0.15, 0.2) is 0 Å². The van der Waals surface area contributed by atoms with Crippen molar-refractivity contribution in [1.29, 1.82) is 0 Å². The van der Waals surface area contributed by atoms with Gasteiger partial charge in [0.2, 0.25) is 5.91 Å². The van der Waals surface area contributed by atoms with E-state index < -0.39 is 5.76 Å². The fourth-order valence-electron chi connectivity index (χ4n) is 2.43. The lowest BCUT2D eigenvalue weighted by molar-refractivity contribution is -0.115. The van der Waals surface area contributed by atoms with Crippen LogP contribution in [0.4, 0.5) is 20.2 Å². The summed E-state index contributed by atoms with van der Waals surface area (Å²) in [5.41, 5.74) is 2.61. The number of hydrogen-bond donors (Lipinski definition) is 2. The first-order valence-corrected chi connectivity index (χ1v) is 9.14. The van der Waals surface area contributed by atoms with Gasteiger partial charge in [-0.15, -0.1) is 0 Å². The van der Waals surface area contributed by atoms with Gasteiger partial charge in [-0.25, -0.2) is 0 Å². The zero-order valence-corrected chi connectivity index (χ0v) is 14.5. The van der Waals surface area contributed by atoms with Gasteiger partial charge < -0.3 is 10.6 Å². The summed E-state index contributed by atoms with van der Waals surface area (Å²) >= 11 is 0.487. The smallest absolute Gasteiger partial charge is 0.288 e. The molecule has 6 heteroatoms. The Morgan fingerprint density at radius 2 is 1.68 bits per heavy atom. The Balaban J connectivity index is 1.47. The number of amides is 1. The van der Waals surface area contributed by atoms with E-state index in [1.165, 1.54) is 12.8 Å². The van der Waals surface area contributed by atoms with Gasteiger partial charge in [0.25, 0.3) is 5.76 Å². The number of alkyl halides is 2. The Hall–Kier alpha value is -2.08. The third-order valence-corrected chi connectivity index (χ3v) is 4.70. The average Bonchev–Trinajstić information content (AvgIpc) is 3.40. The molecule has 0 spiro atoms. The maximum Gasteiger partial charge on any atom is 0.288 e. The largest absolute Gasteiger partial charge is 0.385 e. The van der Waals surface area contributed by atoms with Crippen LogP contribution in [-0.2, 0) is 11.2 Å². The molecule has 0 unspecified atom stereocenters. The van der Waals surface area contributed by atoms with Gasteiger partial charge in [-0.3, -0.25) is 4.79 Å². The maximum atomic E-state index is 12.3. The number of nitrogens with one attached hydrogen (secondary N) is 2. The molecule has 2 aromatic carbocycles. The van der Waals surface area contributed by atoms with Gasteiger partial charge in [-0.1, -0.05) is 23.9 Å². The summed E-state index contributed by atoms with van der Waals surface area (Å²) in [7, 11) is 0. The van der Waals surface area contributed by atoms with Crippen LogP contribution >= 0.6 is 11.8 Å². The molecular formula is C19H20F2N2OS. The van der Waals surface area contributed by atoms with Crippen LogP contribution in [0, 0.1) is 5.92 Å². The second kappa shape index (κ2) is 8.34. The molecule has 132 valence electrons. The maximum absolute atomic E-state index is 12.3. The molecule has 1 aliphatic carbocycles. The van der Waals surface area contributed by atoms with E-state index in [0.29, 0.717) is 22.3 Å². The number of halogens is 2. The van der Waals surface area contributed by atoms with Gasteiger partial charge in [-0.2, -0.15) is 8.78 Å². The number of anilines is 2. The summed E-state index contributed by atoms with van der Waals surface area (Å²) in [4.78, 5) is 12.6. The van der Waals surface area contributed by atoms with Crippen molar-refractivity contribution in [2.24, 2.45) is 5.92 Å².